The number of halogens is 3. The Kier molecular flexibility index (Phi) is 7.62. The van der Waals surface area contributed by atoms with Gasteiger partial charge in [-0.1, -0.05) is 6.07 Å². The average Bonchev–Trinajstić information content (AvgIpc) is 2.82. The minimum atomic E-state index is -4.51. The quantitative estimate of drug-likeness (QED) is 0.480. The van der Waals surface area contributed by atoms with Gasteiger partial charge in [-0.2, -0.15) is 13.2 Å². The van der Waals surface area contributed by atoms with Crippen molar-refractivity contribution >= 4 is 23.2 Å². The third-order valence-corrected chi connectivity index (χ3v) is 4.61. The van der Waals surface area contributed by atoms with Crippen LogP contribution in [0, 0.1) is 0 Å². The molecule has 0 radical (unpaired) electrons. The first-order chi connectivity index (χ1) is 16.2. The summed E-state index contributed by atoms with van der Waals surface area (Å²) in [5.74, 6) is 0.269. The molecule has 0 aliphatic carbocycles. The van der Waals surface area contributed by atoms with Gasteiger partial charge in [-0.25, -0.2) is 0 Å². The van der Waals surface area contributed by atoms with Crippen LogP contribution in [0.1, 0.15) is 15.9 Å². The lowest BCUT2D eigenvalue weighted by Gasteiger charge is -2.12. The summed E-state index contributed by atoms with van der Waals surface area (Å²) in [4.78, 5) is 24.6. The molecule has 2 amide bonds. The molecule has 3 aromatic carbocycles. The van der Waals surface area contributed by atoms with E-state index in [4.69, 9.17) is 14.2 Å². The molecule has 0 bridgehead atoms. The van der Waals surface area contributed by atoms with E-state index in [-0.39, 0.29) is 5.69 Å². The first kappa shape index (κ1) is 24.4. The van der Waals surface area contributed by atoms with Gasteiger partial charge in [0, 0.05) is 17.3 Å². The lowest BCUT2D eigenvalue weighted by atomic mass is 10.2. The molecule has 0 spiro atoms. The lowest BCUT2D eigenvalue weighted by molar-refractivity contribution is -0.137. The van der Waals surface area contributed by atoms with Crippen LogP contribution in [0.4, 0.5) is 24.5 Å². The van der Waals surface area contributed by atoms with Crippen LogP contribution >= 0.6 is 0 Å². The van der Waals surface area contributed by atoms with Gasteiger partial charge < -0.3 is 24.8 Å². The van der Waals surface area contributed by atoms with Gasteiger partial charge in [0.05, 0.1) is 25.5 Å². The fourth-order valence-corrected chi connectivity index (χ4v) is 2.93. The number of benzene rings is 3. The minimum Gasteiger partial charge on any atom is -0.497 e. The SMILES string of the molecule is COc1ccc(OC)c(NC(=O)c2ccc(OCC(=O)Nc3cccc(C(F)(F)F)c3)cc2)c1. The van der Waals surface area contributed by atoms with Crippen LogP contribution in [0.2, 0.25) is 0 Å². The number of alkyl halides is 3. The molecule has 0 aliphatic rings. The summed E-state index contributed by atoms with van der Waals surface area (Å²) in [5.41, 5.74) is -0.112. The van der Waals surface area contributed by atoms with Crippen molar-refractivity contribution in [1.29, 1.82) is 0 Å². The molecule has 0 fully saturated rings. The third kappa shape index (κ3) is 6.41. The predicted molar refractivity (Wildman–Crippen MR) is 120 cm³/mol. The summed E-state index contributed by atoms with van der Waals surface area (Å²) in [6.07, 6.45) is -4.51. The molecule has 0 unspecified atom stereocenters. The largest absolute Gasteiger partial charge is 0.497 e. The molecular weight excluding hydrogens is 453 g/mol. The van der Waals surface area contributed by atoms with Gasteiger partial charge in [-0.15, -0.1) is 0 Å². The monoisotopic (exact) mass is 474 g/mol. The zero-order chi connectivity index (χ0) is 24.7. The molecule has 10 heteroatoms. The van der Waals surface area contributed by atoms with Gasteiger partial charge in [-0.3, -0.25) is 9.59 Å². The van der Waals surface area contributed by atoms with Crippen molar-refractivity contribution in [1.82, 2.24) is 0 Å². The van der Waals surface area contributed by atoms with E-state index in [0.29, 0.717) is 28.5 Å². The normalized spacial score (nSPS) is 10.9. The third-order valence-electron chi connectivity index (χ3n) is 4.61. The molecule has 2 N–H and O–H groups in total. The van der Waals surface area contributed by atoms with Crippen LogP contribution in [0.15, 0.2) is 66.7 Å². The van der Waals surface area contributed by atoms with Crippen LogP contribution in [0.5, 0.6) is 17.2 Å². The summed E-state index contributed by atoms with van der Waals surface area (Å²) in [6, 6.07) is 15.3. The van der Waals surface area contributed by atoms with E-state index in [1.54, 1.807) is 18.2 Å². The van der Waals surface area contributed by atoms with E-state index in [1.807, 2.05) is 0 Å². The van der Waals surface area contributed by atoms with Gasteiger partial charge >= 0.3 is 6.18 Å². The summed E-state index contributed by atoms with van der Waals surface area (Å²) in [5, 5.41) is 5.09. The number of carbonyl (C=O) groups is 2. The molecule has 0 saturated carbocycles. The first-order valence-electron chi connectivity index (χ1n) is 9.93. The van der Waals surface area contributed by atoms with E-state index in [2.05, 4.69) is 10.6 Å². The Morgan fingerprint density at radius 2 is 1.56 bits per heavy atom. The number of ether oxygens (including phenoxy) is 3. The molecule has 7 nitrogen and oxygen atoms in total. The topological polar surface area (TPSA) is 85.9 Å². The smallest absolute Gasteiger partial charge is 0.416 e. The van der Waals surface area contributed by atoms with Gasteiger partial charge in [0.15, 0.2) is 6.61 Å². The number of methoxy groups -OCH3 is 2. The van der Waals surface area contributed by atoms with Crippen LogP contribution in [-0.2, 0) is 11.0 Å². The average molecular weight is 474 g/mol. The Bertz CT molecular complexity index is 1160. The van der Waals surface area contributed by atoms with Crippen LogP contribution in [0.25, 0.3) is 0 Å². The Labute approximate surface area is 193 Å². The Morgan fingerprint density at radius 3 is 2.21 bits per heavy atom. The number of amides is 2. The van der Waals surface area contributed by atoms with Crippen molar-refractivity contribution < 1.29 is 37.0 Å². The van der Waals surface area contributed by atoms with E-state index in [1.165, 1.54) is 50.6 Å². The summed E-state index contributed by atoms with van der Waals surface area (Å²) in [6.45, 7) is -0.428. The molecule has 0 aromatic heterocycles. The number of carbonyl (C=O) groups excluding carboxylic acids is 2. The predicted octanol–water partition coefficient (Wildman–Crippen LogP) is 4.99. The lowest BCUT2D eigenvalue weighted by Crippen LogP contribution is -2.20. The van der Waals surface area contributed by atoms with Crippen molar-refractivity contribution in [2.24, 2.45) is 0 Å². The second-order valence-corrected chi connectivity index (χ2v) is 6.96. The molecule has 178 valence electrons. The van der Waals surface area contributed by atoms with Crippen molar-refractivity contribution in [3.63, 3.8) is 0 Å². The van der Waals surface area contributed by atoms with Gasteiger partial charge in [-0.05, 0) is 54.6 Å². The van der Waals surface area contributed by atoms with Gasteiger partial charge in [0.1, 0.15) is 17.2 Å². The Morgan fingerprint density at radius 1 is 0.853 bits per heavy atom. The van der Waals surface area contributed by atoms with Crippen LogP contribution < -0.4 is 24.8 Å². The summed E-state index contributed by atoms with van der Waals surface area (Å²) >= 11 is 0. The highest BCUT2D eigenvalue weighted by Crippen LogP contribution is 2.31. The fourth-order valence-electron chi connectivity index (χ4n) is 2.93. The number of nitrogens with one attached hydrogen (secondary N) is 2. The van der Waals surface area contributed by atoms with Crippen molar-refractivity contribution in [2.45, 2.75) is 6.18 Å². The number of rotatable bonds is 8. The zero-order valence-electron chi connectivity index (χ0n) is 18.2. The highest BCUT2D eigenvalue weighted by Gasteiger charge is 2.30. The first-order valence-corrected chi connectivity index (χ1v) is 9.93. The fraction of sp³-hybridized carbons (Fsp3) is 0.167. The maximum absolute atomic E-state index is 12.8. The molecule has 0 aliphatic heterocycles. The van der Waals surface area contributed by atoms with E-state index < -0.39 is 30.2 Å². The second-order valence-electron chi connectivity index (χ2n) is 6.96. The van der Waals surface area contributed by atoms with Crippen molar-refractivity contribution in [2.75, 3.05) is 31.5 Å². The van der Waals surface area contributed by atoms with Gasteiger partial charge in [0.25, 0.3) is 11.8 Å². The molecule has 0 heterocycles. The Balaban J connectivity index is 1.57. The van der Waals surface area contributed by atoms with Crippen LogP contribution in [-0.4, -0.2) is 32.6 Å². The molecule has 34 heavy (non-hydrogen) atoms. The number of hydrogen-bond donors (Lipinski definition) is 2. The van der Waals surface area contributed by atoms with E-state index in [0.717, 1.165) is 12.1 Å². The second kappa shape index (κ2) is 10.6. The highest BCUT2D eigenvalue weighted by molar-refractivity contribution is 6.05. The van der Waals surface area contributed by atoms with E-state index >= 15 is 0 Å². The number of anilines is 2. The van der Waals surface area contributed by atoms with Crippen molar-refractivity contribution in [3.05, 3.63) is 77.9 Å². The molecular formula is C24H21F3N2O5. The van der Waals surface area contributed by atoms with E-state index in [9.17, 15) is 22.8 Å². The highest BCUT2D eigenvalue weighted by atomic mass is 19.4. The maximum atomic E-state index is 12.8. The zero-order valence-corrected chi connectivity index (χ0v) is 18.2. The van der Waals surface area contributed by atoms with Gasteiger partial charge in [0.2, 0.25) is 0 Å². The Hall–Kier alpha value is -4.21. The number of hydrogen-bond acceptors (Lipinski definition) is 5. The molecule has 3 aromatic rings. The van der Waals surface area contributed by atoms with Crippen LogP contribution in [0.3, 0.4) is 0 Å². The maximum Gasteiger partial charge on any atom is 0.416 e. The molecule has 3 rings (SSSR count). The molecule has 0 saturated heterocycles. The summed E-state index contributed by atoms with van der Waals surface area (Å²) < 4.78 is 54.1. The minimum absolute atomic E-state index is 0.00316. The standard InChI is InChI=1S/C24H21F3N2O5/c1-32-19-10-11-21(33-2)20(13-19)29-23(31)15-6-8-18(9-7-15)34-14-22(30)28-17-5-3-4-16(12-17)24(25,26)27/h3-13H,14H2,1-2H3,(H,28,30)(H,29,31). The molecule has 0 atom stereocenters. The summed E-state index contributed by atoms with van der Waals surface area (Å²) in [7, 11) is 2.98. The van der Waals surface area contributed by atoms with Crippen molar-refractivity contribution in [3.8, 4) is 17.2 Å².